The second-order valence-electron chi connectivity index (χ2n) is 6.51. The third kappa shape index (κ3) is 1.88. The van der Waals surface area contributed by atoms with Gasteiger partial charge < -0.3 is 29.4 Å². The lowest BCUT2D eigenvalue weighted by Crippen LogP contribution is -2.34. The van der Waals surface area contributed by atoms with Crippen molar-refractivity contribution >= 4 is 0 Å². The van der Waals surface area contributed by atoms with Gasteiger partial charge in [-0.15, -0.1) is 0 Å². The van der Waals surface area contributed by atoms with E-state index in [0.717, 1.165) is 53.0 Å². The van der Waals surface area contributed by atoms with E-state index in [1.54, 1.807) is 20.3 Å². The molecule has 0 saturated carbocycles. The number of phenolic OH excluding ortho intramolecular Hbond substituents is 1. The summed E-state index contributed by atoms with van der Waals surface area (Å²) < 4.78 is 22.5. The van der Waals surface area contributed by atoms with Crippen LogP contribution >= 0.6 is 0 Å². The predicted octanol–water partition coefficient (Wildman–Crippen LogP) is 2.55. The van der Waals surface area contributed by atoms with E-state index in [4.69, 9.17) is 18.9 Å². The molecular weight excluding hydrogens is 322 g/mol. The highest BCUT2D eigenvalue weighted by Crippen LogP contribution is 2.58. The molecule has 0 aromatic heterocycles. The summed E-state index contributed by atoms with van der Waals surface area (Å²) in [5, 5.41) is 14.3. The molecule has 6 nitrogen and oxygen atoms in total. The van der Waals surface area contributed by atoms with Crippen molar-refractivity contribution in [1.29, 1.82) is 0 Å². The monoisotopic (exact) mass is 341 g/mol. The molecule has 130 valence electrons. The Balaban J connectivity index is 1.88. The molecule has 0 saturated heterocycles. The molecule has 2 aromatic carbocycles. The Labute approximate surface area is 145 Å². The number of hydrogen-bond donors (Lipinski definition) is 2. The van der Waals surface area contributed by atoms with Gasteiger partial charge >= 0.3 is 0 Å². The summed E-state index contributed by atoms with van der Waals surface area (Å²) in [6, 6.07) is 3.79. The smallest absolute Gasteiger partial charge is 0.231 e. The van der Waals surface area contributed by atoms with E-state index in [9.17, 15) is 5.11 Å². The zero-order valence-corrected chi connectivity index (χ0v) is 14.1. The lowest BCUT2D eigenvalue weighted by molar-refractivity contribution is 0.171. The number of phenols is 1. The topological polar surface area (TPSA) is 69.2 Å². The van der Waals surface area contributed by atoms with E-state index in [1.807, 2.05) is 6.07 Å². The highest BCUT2D eigenvalue weighted by atomic mass is 16.7. The molecule has 2 aliphatic heterocycles. The zero-order valence-electron chi connectivity index (χ0n) is 14.1. The Morgan fingerprint density at radius 1 is 1.12 bits per heavy atom. The van der Waals surface area contributed by atoms with Crippen molar-refractivity contribution in [2.75, 3.05) is 27.6 Å². The van der Waals surface area contributed by atoms with Gasteiger partial charge in [-0.3, -0.25) is 0 Å². The molecule has 1 unspecified atom stereocenters. The van der Waals surface area contributed by atoms with Crippen LogP contribution in [0.1, 0.15) is 22.7 Å². The predicted molar refractivity (Wildman–Crippen MR) is 90.9 cm³/mol. The van der Waals surface area contributed by atoms with Crippen molar-refractivity contribution in [3.8, 4) is 39.9 Å². The maximum Gasteiger partial charge on any atom is 0.231 e. The van der Waals surface area contributed by atoms with Gasteiger partial charge in [-0.2, -0.15) is 0 Å². The molecule has 6 heteroatoms. The van der Waals surface area contributed by atoms with Crippen LogP contribution in [0.2, 0.25) is 0 Å². The Morgan fingerprint density at radius 3 is 2.76 bits per heavy atom. The second-order valence-corrected chi connectivity index (χ2v) is 6.51. The van der Waals surface area contributed by atoms with Crippen molar-refractivity contribution in [3.63, 3.8) is 0 Å². The highest BCUT2D eigenvalue weighted by Gasteiger charge is 2.40. The van der Waals surface area contributed by atoms with E-state index in [2.05, 4.69) is 5.32 Å². The van der Waals surface area contributed by atoms with Crippen molar-refractivity contribution in [1.82, 2.24) is 5.32 Å². The van der Waals surface area contributed by atoms with Gasteiger partial charge in [-0.05, 0) is 36.6 Å². The van der Waals surface area contributed by atoms with Gasteiger partial charge in [0.05, 0.1) is 14.2 Å². The van der Waals surface area contributed by atoms with E-state index in [0.29, 0.717) is 17.2 Å². The summed E-state index contributed by atoms with van der Waals surface area (Å²) in [4.78, 5) is 0. The van der Waals surface area contributed by atoms with Gasteiger partial charge in [0.2, 0.25) is 12.5 Å². The first-order valence-corrected chi connectivity index (χ1v) is 8.38. The molecule has 3 aliphatic rings. The summed E-state index contributed by atoms with van der Waals surface area (Å²) in [7, 11) is 3.27. The molecule has 2 heterocycles. The van der Waals surface area contributed by atoms with Crippen molar-refractivity contribution in [2.24, 2.45) is 0 Å². The van der Waals surface area contributed by atoms with Gasteiger partial charge in [0, 0.05) is 28.8 Å². The van der Waals surface area contributed by atoms with Crippen LogP contribution in [-0.2, 0) is 12.8 Å². The van der Waals surface area contributed by atoms with Crippen LogP contribution in [0.15, 0.2) is 12.1 Å². The molecule has 25 heavy (non-hydrogen) atoms. The number of aromatic hydroxyl groups is 1. The summed E-state index contributed by atoms with van der Waals surface area (Å²) in [5.41, 5.74) is 5.06. The summed E-state index contributed by atoms with van der Waals surface area (Å²) in [5.74, 6) is 2.90. The number of rotatable bonds is 2. The fourth-order valence-electron chi connectivity index (χ4n) is 4.35. The lowest BCUT2D eigenvalue weighted by Gasteiger charge is -2.36. The van der Waals surface area contributed by atoms with E-state index < -0.39 is 0 Å². The van der Waals surface area contributed by atoms with Crippen LogP contribution in [0, 0.1) is 0 Å². The maximum absolute atomic E-state index is 10.7. The first-order valence-electron chi connectivity index (χ1n) is 8.38. The Morgan fingerprint density at radius 2 is 1.96 bits per heavy atom. The fraction of sp³-hybridized carbons (Fsp3) is 0.368. The first kappa shape index (κ1) is 14.7. The minimum absolute atomic E-state index is 0.154. The van der Waals surface area contributed by atoms with E-state index in [1.165, 1.54) is 0 Å². The molecule has 0 amide bonds. The fourth-order valence-corrected chi connectivity index (χ4v) is 4.35. The number of nitrogens with one attached hydrogen (secondary N) is 1. The minimum atomic E-state index is 0.154. The average molecular weight is 341 g/mol. The van der Waals surface area contributed by atoms with Crippen LogP contribution < -0.4 is 24.3 Å². The third-order valence-corrected chi connectivity index (χ3v) is 5.32. The van der Waals surface area contributed by atoms with Crippen molar-refractivity contribution < 1.29 is 24.1 Å². The van der Waals surface area contributed by atoms with Crippen LogP contribution in [-0.4, -0.2) is 32.7 Å². The minimum Gasteiger partial charge on any atom is -0.507 e. The van der Waals surface area contributed by atoms with Gasteiger partial charge in [0.15, 0.2) is 11.5 Å². The van der Waals surface area contributed by atoms with Crippen LogP contribution in [0.25, 0.3) is 11.1 Å². The zero-order chi connectivity index (χ0) is 17.1. The molecule has 5 rings (SSSR count). The Hall–Kier alpha value is -2.60. The molecule has 0 radical (unpaired) electrons. The molecule has 2 aromatic rings. The van der Waals surface area contributed by atoms with Gasteiger partial charge in [0.25, 0.3) is 0 Å². The Bertz CT molecular complexity index is 892. The average Bonchev–Trinajstić information content (AvgIpc) is 3.10. The number of fused-ring (bicyclic) bond motifs is 4. The number of hydrogen-bond acceptors (Lipinski definition) is 6. The molecule has 1 aliphatic carbocycles. The van der Waals surface area contributed by atoms with Crippen LogP contribution in [0.4, 0.5) is 0 Å². The number of ether oxygens (including phenoxy) is 4. The molecule has 1 atom stereocenters. The maximum atomic E-state index is 10.7. The van der Waals surface area contributed by atoms with Gasteiger partial charge in [0.1, 0.15) is 11.5 Å². The summed E-state index contributed by atoms with van der Waals surface area (Å²) in [6.07, 6.45) is 1.63. The lowest BCUT2D eigenvalue weighted by atomic mass is 9.76. The quantitative estimate of drug-likeness (QED) is 0.875. The first-order chi connectivity index (χ1) is 12.2. The summed E-state index contributed by atoms with van der Waals surface area (Å²) in [6.45, 7) is 1.03. The largest absolute Gasteiger partial charge is 0.507 e. The number of methoxy groups -OCH3 is 2. The molecule has 0 bridgehead atoms. The number of benzene rings is 2. The van der Waals surface area contributed by atoms with E-state index in [-0.39, 0.29) is 18.6 Å². The standard InChI is InChI=1S/C19H19NO5/c1-22-10-5-9-6-12-15-11(3-4-20-12)17(23-2)19-18(24-8-25-19)16(15)14(9)13(21)7-10/h5,7,12,20-21H,3-4,6,8H2,1-2H3. The van der Waals surface area contributed by atoms with Gasteiger partial charge in [-0.25, -0.2) is 0 Å². The van der Waals surface area contributed by atoms with Crippen molar-refractivity contribution in [3.05, 3.63) is 28.8 Å². The van der Waals surface area contributed by atoms with Crippen LogP contribution in [0.3, 0.4) is 0 Å². The molecule has 0 fully saturated rings. The third-order valence-electron chi connectivity index (χ3n) is 5.32. The normalized spacial score (nSPS) is 19.2. The second kappa shape index (κ2) is 5.20. The van der Waals surface area contributed by atoms with Crippen molar-refractivity contribution in [2.45, 2.75) is 18.9 Å². The molecular formula is C19H19NO5. The van der Waals surface area contributed by atoms with E-state index >= 15 is 0 Å². The van der Waals surface area contributed by atoms with Crippen LogP contribution in [0.5, 0.6) is 28.7 Å². The van der Waals surface area contributed by atoms with Gasteiger partial charge in [-0.1, -0.05) is 0 Å². The highest BCUT2D eigenvalue weighted by molar-refractivity contribution is 5.89. The summed E-state index contributed by atoms with van der Waals surface area (Å²) >= 11 is 0. The molecule has 0 spiro atoms. The molecule has 2 N–H and O–H groups in total. The SMILES string of the molecule is COc1cc(O)c2c(c1)CC1NCCc3c(OC)c4c(c-2c31)OCO4. The Kier molecular flexibility index (Phi) is 3.06.